The second-order valence-corrected chi connectivity index (χ2v) is 9.99. The molecule has 6 nitrogen and oxygen atoms in total. The topological polar surface area (TPSA) is 75.7 Å². The maximum Gasteiger partial charge on any atom is 0.294 e. The van der Waals surface area contributed by atoms with Gasteiger partial charge in [-0.05, 0) is 88.0 Å². The van der Waals surface area contributed by atoms with E-state index in [0.29, 0.717) is 22.9 Å². The molecule has 0 atom stereocenters. The Morgan fingerprint density at radius 2 is 1.86 bits per heavy atom. The Bertz CT molecular complexity index is 1330. The van der Waals surface area contributed by atoms with Crippen LogP contribution >= 0.6 is 46.0 Å². The first-order valence-corrected chi connectivity index (χ1v) is 12.5. The largest absolute Gasteiger partial charge is 0.488 e. The molecule has 0 aromatic heterocycles. The van der Waals surface area contributed by atoms with Crippen molar-refractivity contribution in [3.05, 3.63) is 97.2 Å². The quantitative estimate of drug-likeness (QED) is 0.246. The van der Waals surface area contributed by atoms with Gasteiger partial charge in [0, 0.05) is 5.02 Å². The van der Waals surface area contributed by atoms with E-state index in [-0.39, 0.29) is 10.6 Å². The monoisotopic (exact) mass is 622 g/mol. The highest BCUT2D eigenvalue weighted by Gasteiger charge is 2.36. The third-order valence-electron chi connectivity index (χ3n) is 4.88. The molecule has 3 amide bonds. The van der Waals surface area contributed by atoms with Crippen LogP contribution in [0.4, 0.5) is 14.9 Å². The van der Waals surface area contributed by atoms with Crippen LogP contribution in [-0.2, 0) is 16.2 Å². The second kappa shape index (κ2) is 11.2. The van der Waals surface area contributed by atoms with Crippen LogP contribution in [0, 0.1) is 9.39 Å². The second-order valence-electron chi connectivity index (χ2n) is 7.40. The summed E-state index contributed by atoms with van der Waals surface area (Å²) in [6, 6.07) is 18.4. The molecule has 3 aromatic carbocycles. The number of hydrogen-bond donors (Lipinski definition) is 1. The molecule has 178 valence electrons. The molecule has 1 aliphatic heterocycles. The number of nitrogens with one attached hydrogen (secondary N) is 1. The van der Waals surface area contributed by atoms with Crippen molar-refractivity contribution in [2.75, 3.05) is 11.9 Å². The Labute approximate surface area is 223 Å². The maximum absolute atomic E-state index is 13.7. The van der Waals surface area contributed by atoms with Gasteiger partial charge in [-0.1, -0.05) is 41.9 Å². The van der Waals surface area contributed by atoms with Crippen LogP contribution in [0.3, 0.4) is 0 Å². The summed E-state index contributed by atoms with van der Waals surface area (Å²) in [6.45, 7) is -0.133. The summed E-state index contributed by atoms with van der Waals surface area (Å²) in [5.41, 5.74) is 1.66. The zero-order valence-corrected chi connectivity index (χ0v) is 21.7. The first-order chi connectivity index (χ1) is 16.8. The lowest BCUT2D eigenvalue weighted by molar-refractivity contribution is -0.127. The molecular weight excluding hydrogens is 606 g/mol. The third-order valence-corrected chi connectivity index (χ3v) is 6.89. The van der Waals surface area contributed by atoms with Crippen molar-refractivity contribution in [3.63, 3.8) is 0 Å². The summed E-state index contributed by atoms with van der Waals surface area (Å²) in [5, 5.41) is 2.46. The molecule has 4 rings (SSSR count). The Morgan fingerprint density at radius 3 is 2.57 bits per heavy atom. The number of carbonyl (C=O) groups excluding carboxylic acids is 3. The van der Waals surface area contributed by atoms with Crippen LogP contribution in [0.5, 0.6) is 5.75 Å². The van der Waals surface area contributed by atoms with E-state index in [4.69, 9.17) is 16.3 Å². The summed E-state index contributed by atoms with van der Waals surface area (Å²) >= 11 is 8.78. The molecule has 1 saturated heterocycles. The number of halogens is 3. The smallest absolute Gasteiger partial charge is 0.294 e. The van der Waals surface area contributed by atoms with Gasteiger partial charge in [-0.2, -0.15) is 0 Å². The number of hydrogen-bond acceptors (Lipinski definition) is 5. The van der Waals surface area contributed by atoms with E-state index in [2.05, 4.69) is 27.9 Å². The Morgan fingerprint density at radius 1 is 1.11 bits per heavy atom. The lowest BCUT2D eigenvalue weighted by Gasteiger charge is -2.12. The first-order valence-electron chi connectivity index (χ1n) is 10.3. The minimum absolute atomic E-state index is 0.0204. The van der Waals surface area contributed by atoms with Gasteiger partial charge in [-0.15, -0.1) is 0 Å². The van der Waals surface area contributed by atoms with E-state index in [0.717, 1.165) is 25.8 Å². The molecular formula is C25H17ClFIN2O4S. The van der Waals surface area contributed by atoms with Crippen molar-refractivity contribution in [2.24, 2.45) is 0 Å². The lowest BCUT2D eigenvalue weighted by Crippen LogP contribution is -2.36. The van der Waals surface area contributed by atoms with Crippen molar-refractivity contribution < 1.29 is 23.5 Å². The average molecular weight is 623 g/mol. The standard InChI is InChI=1S/C25H17ClFIN2O4S/c26-17-8-5-15(6-9-17)14-34-21-10-7-16(11-19(21)28)12-22-24(32)30(25(33)35-22)13-23(31)29-20-4-2-1-3-18(20)27/h1-12H,13-14H2,(H,29,31)/b22-12-. The molecule has 1 fully saturated rings. The lowest BCUT2D eigenvalue weighted by atomic mass is 10.2. The number of nitrogens with zero attached hydrogens (tertiary/aromatic N) is 1. The van der Waals surface area contributed by atoms with Crippen molar-refractivity contribution in [2.45, 2.75) is 6.61 Å². The number of benzene rings is 3. The van der Waals surface area contributed by atoms with Crippen LogP contribution < -0.4 is 10.1 Å². The van der Waals surface area contributed by atoms with Crippen LogP contribution in [0.1, 0.15) is 11.1 Å². The Hall–Kier alpha value is -2.89. The highest BCUT2D eigenvalue weighted by molar-refractivity contribution is 14.1. The van der Waals surface area contributed by atoms with E-state index in [1.54, 1.807) is 36.4 Å². The fourth-order valence-corrected chi connectivity index (χ4v) is 4.81. The van der Waals surface area contributed by atoms with E-state index < -0.39 is 29.4 Å². The Kier molecular flexibility index (Phi) is 8.09. The maximum atomic E-state index is 13.7. The molecule has 0 radical (unpaired) electrons. The number of imide groups is 1. The van der Waals surface area contributed by atoms with Gasteiger partial charge in [0.05, 0.1) is 14.2 Å². The number of rotatable bonds is 7. The van der Waals surface area contributed by atoms with Crippen molar-refractivity contribution in [1.82, 2.24) is 4.90 Å². The van der Waals surface area contributed by atoms with Gasteiger partial charge in [-0.3, -0.25) is 19.3 Å². The van der Waals surface area contributed by atoms with Gasteiger partial charge in [-0.25, -0.2) is 4.39 Å². The van der Waals surface area contributed by atoms with Crippen LogP contribution in [-0.4, -0.2) is 28.5 Å². The Balaban J connectivity index is 1.40. The van der Waals surface area contributed by atoms with Gasteiger partial charge >= 0.3 is 0 Å². The molecule has 1 N–H and O–H groups in total. The van der Waals surface area contributed by atoms with Crippen molar-refractivity contribution >= 4 is 74.8 Å². The van der Waals surface area contributed by atoms with Gasteiger partial charge in [0.25, 0.3) is 11.1 Å². The van der Waals surface area contributed by atoms with E-state index in [1.165, 1.54) is 18.2 Å². The zero-order chi connectivity index (χ0) is 24.9. The molecule has 0 spiro atoms. The van der Waals surface area contributed by atoms with E-state index in [1.807, 2.05) is 18.2 Å². The molecule has 3 aromatic rings. The summed E-state index contributed by atoms with van der Waals surface area (Å²) in [4.78, 5) is 38.4. The predicted molar refractivity (Wildman–Crippen MR) is 143 cm³/mol. The minimum atomic E-state index is -0.671. The van der Waals surface area contributed by atoms with Crippen LogP contribution in [0.2, 0.25) is 5.02 Å². The van der Waals surface area contributed by atoms with Gasteiger partial charge in [0.2, 0.25) is 5.91 Å². The first kappa shape index (κ1) is 25.2. The highest BCUT2D eigenvalue weighted by atomic mass is 127. The number of para-hydroxylation sites is 1. The predicted octanol–water partition coefficient (Wildman–Crippen LogP) is 6.34. The van der Waals surface area contributed by atoms with Crippen LogP contribution in [0.25, 0.3) is 6.08 Å². The van der Waals surface area contributed by atoms with Crippen molar-refractivity contribution in [1.29, 1.82) is 0 Å². The van der Waals surface area contributed by atoms with E-state index in [9.17, 15) is 18.8 Å². The molecule has 0 aliphatic carbocycles. The summed E-state index contributed by atoms with van der Waals surface area (Å²) < 4.78 is 20.4. The average Bonchev–Trinajstić information content (AvgIpc) is 3.08. The van der Waals surface area contributed by atoms with Gasteiger partial charge in [0.15, 0.2) is 0 Å². The van der Waals surface area contributed by atoms with Crippen molar-refractivity contribution in [3.8, 4) is 5.75 Å². The third kappa shape index (κ3) is 6.41. The molecule has 35 heavy (non-hydrogen) atoms. The molecule has 1 aliphatic rings. The normalized spacial score (nSPS) is 14.5. The molecule has 10 heteroatoms. The number of carbonyl (C=O) groups is 3. The summed E-state index contributed by atoms with van der Waals surface area (Å²) in [6.07, 6.45) is 1.59. The summed E-state index contributed by atoms with van der Waals surface area (Å²) in [5.74, 6) is -1.18. The van der Waals surface area contributed by atoms with E-state index >= 15 is 0 Å². The SMILES string of the molecule is O=C(CN1C(=O)S/C(=C\c2ccc(OCc3ccc(Cl)cc3)c(I)c2)C1=O)Nc1ccccc1F. The van der Waals surface area contributed by atoms with Crippen LogP contribution in [0.15, 0.2) is 71.6 Å². The molecule has 1 heterocycles. The van der Waals surface area contributed by atoms with Gasteiger partial charge < -0.3 is 10.1 Å². The number of amides is 3. The number of ether oxygens (including phenoxy) is 1. The number of thioether (sulfide) groups is 1. The highest BCUT2D eigenvalue weighted by Crippen LogP contribution is 2.33. The zero-order valence-electron chi connectivity index (χ0n) is 18.0. The molecule has 0 unspecified atom stereocenters. The summed E-state index contributed by atoms with van der Waals surface area (Å²) in [7, 11) is 0. The fraction of sp³-hybridized carbons (Fsp3) is 0.0800. The minimum Gasteiger partial charge on any atom is -0.488 e. The fourth-order valence-electron chi connectivity index (χ4n) is 3.15. The number of anilines is 1. The molecule has 0 saturated carbocycles. The van der Waals surface area contributed by atoms with Gasteiger partial charge in [0.1, 0.15) is 24.7 Å². The molecule has 0 bridgehead atoms.